The summed E-state index contributed by atoms with van der Waals surface area (Å²) in [6.07, 6.45) is 7.90. The van der Waals surface area contributed by atoms with E-state index in [1.165, 1.54) is 32.1 Å². The van der Waals surface area contributed by atoms with Crippen LogP contribution < -0.4 is 5.73 Å². The lowest BCUT2D eigenvalue weighted by molar-refractivity contribution is 0.443. The average molecular weight is 267 g/mol. The monoisotopic (exact) mass is 265 g/mol. The third-order valence-corrected chi connectivity index (χ3v) is 1.92. The highest BCUT2D eigenvalue weighted by Gasteiger charge is 2.08. The van der Waals surface area contributed by atoms with Crippen LogP contribution in [0.4, 0.5) is 0 Å². The molecule has 0 aromatic rings. The summed E-state index contributed by atoms with van der Waals surface area (Å²) >= 11 is 0. The van der Waals surface area contributed by atoms with Gasteiger partial charge >= 0.3 is 0 Å². The smallest absolute Gasteiger partial charge is 0.00970 e. The highest BCUT2D eigenvalue weighted by atomic mass is 35.5. The largest absolute Gasteiger partial charge is 0.326 e. The lowest BCUT2D eigenvalue weighted by Crippen LogP contribution is -2.31. The van der Waals surface area contributed by atoms with E-state index in [9.17, 15) is 0 Å². The molecule has 0 aliphatic carbocycles. The van der Waals surface area contributed by atoms with Gasteiger partial charge in [-0.25, -0.2) is 0 Å². The van der Waals surface area contributed by atoms with Crippen molar-refractivity contribution in [1.29, 1.82) is 0 Å². The number of hydrogen-bond acceptors (Lipinski definition) is 1. The average Bonchev–Trinajstić information content (AvgIpc) is 1.85. The Balaban J connectivity index is -0.000000167. The SMILES string of the molecule is CCCCCCCC(C)(C)N.Cl.Cl.Cl. The zero-order valence-corrected chi connectivity index (χ0v) is 12.0. The summed E-state index contributed by atoms with van der Waals surface area (Å²) in [5.41, 5.74) is 5.90. The molecule has 92 valence electrons. The van der Waals surface area contributed by atoms with E-state index in [1.807, 2.05) is 0 Å². The molecule has 0 unspecified atom stereocenters. The third-order valence-electron chi connectivity index (χ3n) is 1.92. The quantitative estimate of drug-likeness (QED) is 0.711. The summed E-state index contributed by atoms with van der Waals surface area (Å²) in [6, 6.07) is 0. The van der Waals surface area contributed by atoms with Gasteiger partial charge in [0.2, 0.25) is 0 Å². The van der Waals surface area contributed by atoms with E-state index in [-0.39, 0.29) is 42.8 Å². The third kappa shape index (κ3) is 23.0. The topological polar surface area (TPSA) is 26.0 Å². The van der Waals surface area contributed by atoms with Gasteiger partial charge in [0.25, 0.3) is 0 Å². The number of unbranched alkanes of at least 4 members (excludes halogenated alkanes) is 4. The van der Waals surface area contributed by atoms with Crippen LogP contribution in [-0.2, 0) is 0 Å². The van der Waals surface area contributed by atoms with E-state index in [0.717, 1.165) is 6.42 Å². The van der Waals surface area contributed by atoms with Crippen molar-refractivity contribution in [3.8, 4) is 0 Å². The second kappa shape index (κ2) is 13.8. The minimum atomic E-state index is 0. The van der Waals surface area contributed by atoms with Crippen molar-refractivity contribution in [2.45, 2.75) is 64.8 Å². The summed E-state index contributed by atoms with van der Waals surface area (Å²) < 4.78 is 0. The number of halogens is 3. The van der Waals surface area contributed by atoms with Gasteiger partial charge in [0.05, 0.1) is 0 Å². The van der Waals surface area contributed by atoms with Crippen LogP contribution in [-0.4, -0.2) is 5.54 Å². The van der Waals surface area contributed by atoms with E-state index in [4.69, 9.17) is 5.73 Å². The Hall–Kier alpha value is 0.830. The second-order valence-corrected chi connectivity index (χ2v) is 4.15. The molecule has 0 saturated carbocycles. The van der Waals surface area contributed by atoms with Gasteiger partial charge in [-0.15, -0.1) is 37.2 Å². The fourth-order valence-corrected chi connectivity index (χ4v) is 1.18. The highest BCUT2D eigenvalue weighted by Crippen LogP contribution is 2.11. The van der Waals surface area contributed by atoms with E-state index in [1.54, 1.807) is 0 Å². The number of nitrogens with two attached hydrogens (primary N) is 1. The van der Waals surface area contributed by atoms with Crippen molar-refractivity contribution < 1.29 is 0 Å². The molecule has 0 aromatic carbocycles. The van der Waals surface area contributed by atoms with Crippen molar-refractivity contribution in [1.82, 2.24) is 0 Å². The molecule has 2 N–H and O–H groups in total. The Morgan fingerprint density at radius 1 is 0.857 bits per heavy atom. The number of hydrogen-bond donors (Lipinski definition) is 1. The van der Waals surface area contributed by atoms with Gasteiger partial charge in [-0.1, -0.05) is 39.0 Å². The minimum absolute atomic E-state index is 0. The first kappa shape index (κ1) is 24.2. The van der Waals surface area contributed by atoms with Gasteiger partial charge < -0.3 is 5.73 Å². The lowest BCUT2D eigenvalue weighted by Gasteiger charge is -2.17. The summed E-state index contributed by atoms with van der Waals surface area (Å²) in [6.45, 7) is 6.45. The molecule has 0 rings (SSSR count). The Kier molecular flexibility index (Phi) is 23.9. The molecular weight excluding hydrogens is 240 g/mol. The van der Waals surface area contributed by atoms with E-state index in [0.29, 0.717) is 0 Å². The molecule has 0 saturated heterocycles. The van der Waals surface area contributed by atoms with Crippen LogP contribution in [0.1, 0.15) is 59.3 Å². The highest BCUT2D eigenvalue weighted by molar-refractivity contribution is 5.86. The molecule has 0 fully saturated rings. The number of rotatable bonds is 6. The Labute approximate surface area is 108 Å². The zero-order valence-electron chi connectivity index (χ0n) is 9.54. The van der Waals surface area contributed by atoms with E-state index < -0.39 is 0 Å². The molecule has 0 aliphatic heterocycles. The summed E-state index contributed by atoms with van der Waals surface area (Å²) in [4.78, 5) is 0. The first-order valence-electron chi connectivity index (χ1n) is 4.85. The van der Waals surface area contributed by atoms with Crippen LogP contribution >= 0.6 is 37.2 Å². The maximum atomic E-state index is 5.85. The van der Waals surface area contributed by atoms with Crippen LogP contribution in [0.15, 0.2) is 0 Å². The molecule has 0 bridgehead atoms. The molecule has 0 radical (unpaired) electrons. The fraction of sp³-hybridized carbons (Fsp3) is 1.00. The Morgan fingerprint density at radius 2 is 1.29 bits per heavy atom. The molecule has 0 heterocycles. The van der Waals surface area contributed by atoms with Gasteiger partial charge in [-0.3, -0.25) is 0 Å². The van der Waals surface area contributed by atoms with Crippen LogP contribution in [0.2, 0.25) is 0 Å². The Morgan fingerprint density at radius 3 is 1.64 bits per heavy atom. The maximum Gasteiger partial charge on any atom is 0.00970 e. The maximum absolute atomic E-state index is 5.85. The summed E-state index contributed by atoms with van der Waals surface area (Å²) in [7, 11) is 0. The molecule has 0 atom stereocenters. The van der Waals surface area contributed by atoms with Crippen molar-refractivity contribution in [2.24, 2.45) is 5.73 Å². The zero-order chi connectivity index (χ0) is 8.74. The molecule has 14 heavy (non-hydrogen) atoms. The van der Waals surface area contributed by atoms with Gasteiger partial charge in [-0.2, -0.15) is 0 Å². The summed E-state index contributed by atoms with van der Waals surface area (Å²) in [5.74, 6) is 0. The molecule has 0 aliphatic rings. The second-order valence-electron chi connectivity index (χ2n) is 4.15. The standard InChI is InChI=1S/C10H23N.3ClH/c1-4-5-6-7-8-9-10(2,3)11;;;/h4-9,11H2,1-3H3;3*1H. The molecule has 1 nitrogen and oxygen atoms in total. The van der Waals surface area contributed by atoms with E-state index >= 15 is 0 Å². The molecule has 0 amide bonds. The Bertz CT molecular complexity index is 91.9. The van der Waals surface area contributed by atoms with Crippen LogP contribution in [0.25, 0.3) is 0 Å². The van der Waals surface area contributed by atoms with Gasteiger partial charge in [-0.05, 0) is 20.3 Å². The molecular formula is C10H26Cl3N. The van der Waals surface area contributed by atoms with Crippen LogP contribution in [0.3, 0.4) is 0 Å². The summed E-state index contributed by atoms with van der Waals surface area (Å²) in [5, 5.41) is 0. The van der Waals surface area contributed by atoms with Crippen LogP contribution in [0.5, 0.6) is 0 Å². The first-order valence-corrected chi connectivity index (χ1v) is 4.85. The first-order chi connectivity index (χ1) is 5.06. The van der Waals surface area contributed by atoms with Crippen molar-refractivity contribution >= 4 is 37.2 Å². The van der Waals surface area contributed by atoms with E-state index in [2.05, 4.69) is 20.8 Å². The van der Waals surface area contributed by atoms with Crippen molar-refractivity contribution in [3.63, 3.8) is 0 Å². The van der Waals surface area contributed by atoms with Gasteiger partial charge in [0.15, 0.2) is 0 Å². The predicted octanol–water partition coefficient (Wildman–Crippen LogP) is 4.35. The van der Waals surface area contributed by atoms with Gasteiger partial charge in [0, 0.05) is 5.54 Å². The molecule has 0 aromatic heterocycles. The van der Waals surface area contributed by atoms with Crippen molar-refractivity contribution in [2.75, 3.05) is 0 Å². The molecule has 4 heteroatoms. The fourth-order valence-electron chi connectivity index (χ4n) is 1.18. The normalized spacial score (nSPS) is 9.43. The predicted molar refractivity (Wildman–Crippen MR) is 73.4 cm³/mol. The minimum Gasteiger partial charge on any atom is -0.326 e. The van der Waals surface area contributed by atoms with Crippen LogP contribution in [0, 0.1) is 0 Å². The lowest BCUT2D eigenvalue weighted by atomic mass is 9.98. The van der Waals surface area contributed by atoms with Crippen molar-refractivity contribution in [3.05, 3.63) is 0 Å². The molecule has 0 spiro atoms. The van der Waals surface area contributed by atoms with Gasteiger partial charge in [0.1, 0.15) is 0 Å².